The summed E-state index contributed by atoms with van der Waals surface area (Å²) in [5, 5.41) is -0.201. The number of aryl methyl sites for hydroxylation is 1. The van der Waals surface area contributed by atoms with Crippen molar-refractivity contribution in [2.45, 2.75) is 26.7 Å². The first kappa shape index (κ1) is 17.4. The van der Waals surface area contributed by atoms with E-state index in [2.05, 4.69) is 0 Å². The maximum atomic E-state index is 12.4. The van der Waals surface area contributed by atoms with E-state index in [1.807, 2.05) is 26.0 Å². The highest BCUT2D eigenvalue weighted by Crippen LogP contribution is 2.36. The zero-order valence-electron chi connectivity index (χ0n) is 13.8. The van der Waals surface area contributed by atoms with Gasteiger partial charge in [0.2, 0.25) is 0 Å². The average molecular weight is 335 g/mol. The molecule has 124 valence electrons. The number of unbranched alkanes of at least 4 members (excludes halogenated alkanes) is 1. The van der Waals surface area contributed by atoms with E-state index in [4.69, 9.17) is 9.47 Å². The Morgan fingerprint density at radius 2 is 1.83 bits per heavy atom. The zero-order chi connectivity index (χ0) is 17.0. The standard InChI is InChI=1S/C17H21NO4S/c1-5-6-7-18-16(19)15(23-17(18)20)10-12-9-14(22-4)13(21-3)8-11(12)2/h8-10H,5-7H2,1-4H3. The van der Waals surface area contributed by atoms with Gasteiger partial charge >= 0.3 is 0 Å². The molecule has 0 aliphatic carbocycles. The molecule has 5 nitrogen and oxygen atoms in total. The Labute approximate surface area is 140 Å². The second-order valence-corrected chi connectivity index (χ2v) is 6.24. The Morgan fingerprint density at radius 3 is 2.43 bits per heavy atom. The molecule has 0 N–H and O–H groups in total. The Kier molecular flexibility index (Phi) is 5.71. The number of amides is 2. The van der Waals surface area contributed by atoms with Crippen molar-refractivity contribution < 1.29 is 19.1 Å². The quantitative estimate of drug-likeness (QED) is 0.739. The summed E-state index contributed by atoms with van der Waals surface area (Å²) in [4.78, 5) is 26.1. The molecule has 0 unspecified atom stereocenters. The molecule has 1 saturated heterocycles. The molecular weight excluding hydrogens is 314 g/mol. The Balaban J connectivity index is 2.32. The second kappa shape index (κ2) is 7.55. The van der Waals surface area contributed by atoms with E-state index < -0.39 is 0 Å². The first-order valence-electron chi connectivity index (χ1n) is 7.49. The van der Waals surface area contributed by atoms with Gasteiger partial charge in [-0.25, -0.2) is 0 Å². The van der Waals surface area contributed by atoms with Gasteiger partial charge in [-0.2, -0.15) is 0 Å². The summed E-state index contributed by atoms with van der Waals surface area (Å²) in [6.45, 7) is 4.43. The molecule has 0 saturated carbocycles. The Hall–Kier alpha value is -1.95. The molecule has 6 heteroatoms. The molecule has 0 bridgehead atoms. The van der Waals surface area contributed by atoms with Gasteiger partial charge in [-0.15, -0.1) is 0 Å². The van der Waals surface area contributed by atoms with Gasteiger partial charge in [0.15, 0.2) is 11.5 Å². The molecule has 0 radical (unpaired) electrons. The summed E-state index contributed by atoms with van der Waals surface area (Å²) in [6, 6.07) is 3.67. The third kappa shape index (κ3) is 3.69. The summed E-state index contributed by atoms with van der Waals surface area (Å²) in [7, 11) is 3.14. The SMILES string of the molecule is CCCCN1C(=O)SC(=Cc2cc(OC)c(OC)cc2C)C1=O. The number of benzene rings is 1. The van der Waals surface area contributed by atoms with Gasteiger partial charge in [0, 0.05) is 6.54 Å². The van der Waals surface area contributed by atoms with E-state index in [1.54, 1.807) is 20.3 Å². The third-order valence-corrected chi connectivity index (χ3v) is 4.58. The molecule has 0 spiro atoms. The fourth-order valence-electron chi connectivity index (χ4n) is 2.30. The molecule has 0 aromatic heterocycles. The highest BCUT2D eigenvalue weighted by atomic mass is 32.2. The van der Waals surface area contributed by atoms with Crippen molar-refractivity contribution in [2.24, 2.45) is 0 Å². The number of methoxy groups -OCH3 is 2. The van der Waals surface area contributed by atoms with E-state index in [0.29, 0.717) is 22.9 Å². The van der Waals surface area contributed by atoms with Crippen molar-refractivity contribution in [2.75, 3.05) is 20.8 Å². The van der Waals surface area contributed by atoms with Crippen LogP contribution >= 0.6 is 11.8 Å². The van der Waals surface area contributed by atoms with Crippen LogP contribution in [0.1, 0.15) is 30.9 Å². The summed E-state index contributed by atoms with van der Waals surface area (Å²) in [5.41, 5.74) is 1.78. The maximum absolute atomic E-state index is 12.4. The lowest BCUT2D eigenvalue weighted by Gasteiger charge is -2.12. The summed E-state index contributed by atoms with van der Waals surface area (Å²) in [5.74, 6) is 1.01. The van der Waals surface area contributed by atoms with Crippen LogP contribution < -0.4 is 9.47 Å². The van der Waals surface area contributed by atoms with E-state index in [-0.39, 0.29) is 11.1 Å². The molecule has 1 aromatic rings. The summed E-state index contributed by atoms with van der Waals surface area (Å²) < 4.78 is 10.6. The lowest BCUT2D eigenvalue weighted by molar-refractivity contribution is -0.122. The van der Waals surface area contributed by atoms with Crippen molar-refractivity contribution in [3.05, 3.63) is 28.2 Å². The molecule has 1 aromatic carbocycles. The van der Waals surface area contributed by atoms with E-state index in [0.717, 1.165) is 35.7 Å². The Morgan fingerprint density at radius 1 is 1.17 bits per heavy atom. The largest absolute Gasteiger partial charge is 0.493 e. The van der Waals surface area contributed by atoms with Crippen LogP contribution in [-0.2, 0) is 4.79 Å². The van der Waals surface area contributed by atoms with Gasteiger partial charge in [0.1, 0.15) is 0 Å². The molecule has 1 aliphatic rings. The minimum Gasteiger partial charge on any atom is -0.493 e. The number of carbonyl (C=O) groups is 2. The monoisotopic (exact) mass is 335 g/mol. The molecule has 1 heterocycles. The number of imide groups is 1. The van der Waals surface area contributed by atoms with Crippen LogP contribution in [0.4, 0.5) is 4.79 Å². The molecule has 2 rings (SSSR count). The van der Waals surface area contributed by atoms with Crippen LogP contribution in [0.15, 0.2) is 17.0 Å². The highest BCUT2D eigenvalue weighted by molar-refractivity contribution is 8.18. The van der Waals surface area contributed by atoms with Crippen LogP contribution in [0.25, 0.3) is 6.08 Å². The van der Waals surface area contributed by atoms with Crippen molar-refractivity contribution in [1.29, 1.82) is 0 Å². The van der Waals surface area contributed by atoms with Crippen molar-refractivity contribution >= 4 is 29.0 Å². The van der Waals surface area contributed by atoms with Crippen molar-refractivity contribution in [3.8, 4) is 11.5 Å². The number of nitrogens with zero attached hydrogens (tertiary/aromatic N) is 1. The van der Waals surface area contributed by atoms with Gasteiger partial charge in [-0.3, -0.25) is 14.5 Å². The average Bonchev–Trinajstić information content (AvgIpc) is 2.80. The number of hydrogen-bond donors (Lipinski definition) is 0. The fourth-order valence-corrected chi connectivity index (χ4v) is 3.16. The molecule has 1 fully saturated rings. The van der Waals surface area contributed by atoms with E-state index in [1.165, 1.54) is 4.90 Å². The van der Waals surface area contributed by atoms with Gasteiger partial charge in [-0.1, -0.05) is 13.3 Å². The van der Waals surface area contributed by atoms with Gasteiger partial charge in [0.25, 0.3) is 11.1 Å². The molecule has 2 amide bonds. The maximum Gasteiger partial charge on any atom is 0.293 e. The lowest BCUT2D eigenvalue weighted by Crippen LogP contribution is -2.29. The number of rotatable bonds is 6. The summed E-state index contributed by atoms with van der Waals surface area (Å²) in [6.07, 6.45) is 3.50. The van der Waals surface area contributed by atoms with Crippen molar-refractivity contribution in [3.63, 3.8) is 0 Å². The predicted octanol–water partition coefficient (Wildman–Crippen LogP) is 3.85. The third-order valence-electron chi connectivity index (χ3n) is 3.67. The number of ether oxygens (including phenoxy) is 2. The number of thioether (sulfide) groups is 1. The van der Waals surface area contributed by atoms with Crippen LogP contribution in [0.3, 0.4) is 0 Å². The zero-order valence-corrected chi connectivity index (χ0v) is 14.7. The molecule has 0 atom stereocenters. The van der Waals surface area contributed by atoms with Crippen LogP contribution in [0.2, 0.25) is 0 Å². The topological polar surface area (TPSA) is 55.8 Å². The normalized spacial score (nSPS) is 16.3. The van der Waals surface area contributed by atoms with Crippen LogP contribution in [-0.4, -0.2) is 36.8 Å². The van der Waals surface area contributed by atoms with Crippen LogP contribution in [0, 0.1) is 6.92 Å². The first-order chi connectivity index (χ1) is 11.0. The smallest absolute Gasteiger partial charge is 0.293 e. The first-order valence-corrected chi connectivity index (χ1v) is 8.31. The van der Waals surface area contributed by atoms with Gasteiger partial charge in [0.05, 0.1) is 19.1 Å². The Bertz CT molecular complexity index is 654. The number of hydrogen-bond acceptors (Lipinski definition) is 5. The fraction of sp³-hybridized carbons (Fsp3) is 0.412. The number of carbonyl (C=O) groups excluding carboxylic acids is 2. The minimum absolute atomic E-state index is 0.201. The van der Waals surface area contributed by atoms with Crippen LogP contribution in [0.5, 0.6) is 11.5 Å². The molecule has 23 heavy (non-hydrogen) atoms. The molecular formula is C17H21NO4S. The minimum atomic E-state index is -0.220. The second-order valence-electron chi connectivity index (χ2n) is 5.25. The van der Waals surface area contributed by atoms with E-state index in [9.17, 15) is 9.59 Å². The van der Waals surface area contributed by atoms with Gasteiger partial charge < -0.3 is 9.47 Å². The van der Waals surface area contributed by atoms with Gasteiger partial charge in [-0.05, 0) is 54.4 Å². The van der Waals surface area contributed by atoms with Crippen molar-refractivity contribution in [1.82, 2.24) is 4.90 Å². The lowest BCUT2D eigenvalue weighted by atomic mass is 10.1. The predicted molar refractivity (Wildman–Crippen MR) is 91.9 cm³/mol. The highest BCUT2D eigenvalue weighted by Gasteiger charge is 2.34. The summed E-state index contributed by atoms with van der Waals surface area (Å²) >= 11 is 0.986. The molecule has 1 aliphatic heterocycles. The van der Waals surface area contributed by atoms with E-state index >= 15 is 0 Å².